The van der Waals surface area contributed by atoms with E-state index in [0.29, 0.717) is 18.4 Å². The summed E-state index contributed by atoms with van der Waals surface area (Å²) in [6.07, 6.45) is 1.72. The van der Waals surface area contributed by atoms with E-state index in [4.69, 9.17) is 14.6 Å². The third-order valence-electron chi connectivity index (χ3n) is 4.63. The highest BCUT2D eigenvalue weighted by Gasteiger charge is 2.23. The van der Waals surface area contributed by atoms with Crippen molar-refractivity contribution < 1.29 is 14.6 Å². The molecule has 0 bridgehead atoms. The van der Waals surface area contributed by atoms with Crippen LogP contribution in [0, 0.1) is 0 Å². The molecule has 0 amide bonds. The van der Waals surface area contributed by atoms with Crippen molar-refractivity contribution in [2.45, 2.75) is 25.0 Å². The lowest BCUT2D eigenvalue weighted by Gasteiger charge is -2.33. The van der Waals surface area contributed by atoms with Crippen LogP contribution in [0.5, 0.6) is 5.88 Å². The fourth-order valence-electron chi connectivity index (χ4n) is 3.03. The number of rotatable bonds is 5. The zero-order chi connectivity index (χ0) is 16.9. The van der Waals surface area contributed by atoms with Gasteiger partial charge in [-0.25, -0.2) is 0 Å². The minimum absolute atomic E-state index is 0.0461. The van der Waals surface area contributed by atoms with E-state index in [1.165, 1.54) is 0 Å². The Labute approximate surface area is 142 Å². The van der Waals surface area contributed by atoms with Crippen molar-refractivity contribution in [1.29, 1.82) is 0 Å². The number of aliphatic hydroxyl groups is 1. The van der Waals surface area contributed by atoms with Crippen LogP contribution in [-0.4, -0.2) is 85.7 Å². The Hall–Kier alpha value is -1.64. The predicted octanol–water partition coefficient (Wildman–Crippen LogP) is 0.189. The van der Waals surface area contributed by atoms with Crippen molar-refractivity contribution in [3.8, 4) is 5.88 Å². The number of hydrogen-bond donors (Lipinski definition) is 2. The number of aliphatic hydroxyl groups excluding tert-OH is 1. The Bertz CT molecular complexity index is 528. The molecule has 3 rings (SSSR count). The summed E-state index contributed by atoms with van der Waals surface area (Å²) in [6, 6.07) is 2.04. The van der Waals surface area contributed by atoms with Crippen LogP contribution < -0.4 is 15.0 Å². The van der Waals surface area contributed by atoms with Gasteiger partial charge in [-0.1, -0.05) is 0 Å². The van der Waals surface area contributed by atoms with E-state index in [2.05, 4.69) is 32.1 Å². The van der Waals surface area contributed by atoms with Crippen LogP contribution in [0.25, 0.3) is 0 Å². The third kappa shape index (κ3) is 4.25. The molecule has 8 heteroatoms. The van der Waals surface area contributed by atoms with Crippen LogP contribution in [0.3, 0.4) is 0 Å². The quantitative estimate of drug-likeness (QED) is 0.788. The van der Waals surface area contributed by atoms with E-state index in [1.54, 1.807) is 7.11 Å². The molecule has 0 spiro atoms. The number of aromatic nitrogens is 2. The first-order valence-corrected chi connectivity index (χ1v) is 8.53. The molecule has 0 aromatic carbocycles. The number of piperazine rings is 1. The molecule has 0 saturated carbocycles. The van der Waals surface area contributed by atoms with Gasteiger partial charge >= 0.3 is 0 Å². The number of ether oxygens (including phenoxy) is 2. The summed E-state index contributed by atoms with van der Waals surface area (Å²) in [6.45, 7) is 4.56. The third-order valence-corrected chi connectivity index (χ3v) is 4.63. The van der Waals surface area contributed by atoms with E-state index in [9.17, 15) is 0 Å². The van der Waals surface area contributed by atoms with Gasteiger partial charge in [0.25, 0.3) is 0 Å². The van der Waals surface area contributed by atoms with E-state index in [0.717, 1.165) is 44.8 Å². The number of nitrogens with one attached hydrogen (secondary N) is 1. The van der Waals surface area contributed by atoms with Gasteiger partial charge in [-0.3, -0.25) is 0 Å². The maximum atomic E-state index is 9.14. The average molecular weight is 337 g/mol. The standard InChI is InChI=1S/C16H27N5O3/c1-20-5-7-21(8-6-20)14-9-15(23-2)19-16(18-14)17-12-3-4-13(10-22)24-11-12/h9,12-13,22H,3-8,10-11H2,1-2H3,(H,17,18,19). The van der Waals surface area contributed by atoms with Gasteiger partial charge in [0.2, 0.25) is 11.8 Å². The summed E-state index contributed by atoms with van der Waals surface area (Å²) in [4.78, 5) is 13.6. The topological polar surface area (TPSA) is 83.0 Å². The van der Waals surface area contributed by atoms with Crippen molar-refractivity contribution in [2.24, 2.45) is 0 Å². The van der Waals surface area contributed by atoms with Crippen molar-refractivity contribution in [3.63, 3.8) is 0 Å². The Kier molecular flexibility index (Phi) is 5.70. The maximum absolute atomic E-state index is 9.14. The number of likely N-dealkylation sites (N-methyl/N-ethyl adjacent to an activating group) is 1. The van der Waals surface area contributed by atoms with Gasteiger partial charge in [-0.15, -0.1) is 0 Å². The molecule has 2 aliphatic rings. The van der Waals surface area contributed by atoms with E-state index in [-0.39, 0.29) is 18.8 Å². The first-order chi connectivity index (χ1) is 11.7. The molecule has 2 atom stereocenters. The molecule has 0 aliphatic carbocycles. The summed E-state index contributed by atoms with van der Waals surface area (Å²) in [5.41, 5.74) is 0. The molecule has 134 valence electrons. The second-order valence-electron chi connectivity index (χ2n) is 6.44. The highest BCUT2D eigenvalue weighted by atomic mass is 16.5. The minimum Gasteiger partial charge on any atom is -0.481 e. The molecule has 2 saturated heterocycles. The zero-order valence-corrected chi connectivity index (χ0v) is 14.4. The van der Waals surface area contributed by atoms with Gasteiger partial charge in [0, 0.05) is 32.2 Å². The number of methoxy groups -OCH3 is 1. The summed E-state index contributed by atoms with van der Waals surface area (Å²) in [5, 5.41) is 12.5. The highest BCUT2D eigenvalue weighted by molar-refractivity contribution is 5.47. The molecule has 24 heavy (non-hydrogen) atoms. The zero-order valence-electron chi connectivity index (χ0n) is 14.4. The second-order valence-corrected chi connectivity index (χ2v) is 6.44. The molecule has 2 fully saturated rings. The van der Waals surface area contributed by atoms with E-state index >= 15 is 0 Å². The van der Waals surface area contributed by atoms with Crippen LogP contribution in [0.1, 0.15) is 12.8 Å². The molecule has 0 radical (unpaired) electrons. The number of hydrogen-bond acceptors (Lipinski definition) is 8. The van der Waals surface area contributed by atoms with Crippen molar-refractivity contribution in [2.75, 3.05) is 63.8 Å². The van der Waals surface area contributed by atoms with Gasteiger partial charge in [0.05, 0.1) is 32.5 Å². The Morgan fingerprint density at radius 1 is 1.29 bits per heavy atom. The van der Waals surface area contributed by atoms with Crippen molar-refractivity contribution in [3.05, 3.63) is 6.07 Å². The largest absolute Gasteiger partial charge is 0.481 e. The lowest BCUT2D eigenvalue weighted by atomic mass is 10.1. The van der Waals surface area contributed by atoms with Crippen molar-refractivity contribution in [1.82, 2.24) is 14.9 Å². The van der Waals surface area contributed by atoms with Crippen LogP contribution in [-0.2, 0) is 4.74 Å². The summed E-state index contributed by atoms with van der Waals surface area (Å²) < 4.78 is 11.0. The number of anilines is 2. The lowest BCUT2D eigenvalue weighted by Crippen LogP contribution is -2.45. The minimum atomic E-state index is -0.0461. The molecule has 1 aromatic rings. The molecule has 3 heterocycles. The Morgan fingerprint density at radius 2 is 2.08 bits per heavy atom. The molecule has 2 aliphatic heterocycles. The molecule has 2 N–H and O–H groups in total. The molecular formula is C16H27N5O3. The fourth-order valence-corrected chi connectivity index (χ4v) is 3.03. The second kappa shape index (κ2) is 7.96. The monoisotopic (exact) mass is 337 g/mol. The highest BCUT2D eigenvalue weighted by Crippen LogP contribution is 2.23. The maximum Gasteiger partial charge on any atom is 0.228 e. The van der Waals surface area contributed by atoms with Crippen LogP contribution in [0.15, 0.2) is 6.07 Å². The number of nitrogens with zero attached hydrogens (tertiary/aromatic N) is 4. The van der Waals surface area contributed by atoms with Gasteiger partial charge in [0.1, 0.15) is 5.82 Å². The Balaban J connectivity index is 1.67. The summed E-state index contributed by atoms with van der Waals surface area (Å²) in [7, 11) is 3.75. The van der Waals surface area contributed by atoms with Gasteiger partial charge in [-0.05, 0) is 19.9 Å². The van der Waals surface area contributed by atoms with E-state index in [1.807, 2.05) is 6.07 Å². The van der Waals surface area contributed by atoms with Crippen molar-refractivity contribution >= 4 is 11.8 Å². The van der Waals surface area contributed by atoms with Gasteiger partial charge in [-0.2, -0.15) is 9.97 Å². The molecule has 8 nitrogen and oxygen atoms in total. The molecule has 1 aromatic heterocycles. The summed E-state index contributed by atoms with van der Waals surface area (Å²) >= 11 is 0. The van der Waals surface area contributed by atoms with Gasteiger partial charge < -0.3 is 29.7 Å². The molecule has 2 unspecified atom stereocenters. The van der Waals surface area contributed by atoms with Gasteiger partial charge in [0.15, 0.2) is 0 Å². The summed E-state index contributed by atoms with van der Waals surface area (Å²) in [5.74, 6) is 2.02. The average Bonchev–Trinajstić information content (AvgIpc) is 2.62. The SMILES string of the molecule is COc1cc(N2CCN(C)CC2)nc(NC2CCC(CO)OC2)n1. The van der Waals surface area contributed by atoms with E-state index < -0.39 is 0 Å². The predicted molar refractivity (Wildman–Crippen MR) is 91.8 cm³/mol. The smallest absolute Gasteiger partial charge is 0.228 e. The van der Waals surface area contributed by atoms with Crippen LogP contribution >= 0.6 is 0 Å². The Morgan fingerprint density at radius 3 is 2.71 bits per heavy atom. The van der Waals surface area contributed by atoms with Crippen LogP contribution in [0.4, 0.5) is 11.8 Å². The fraction of sp³-hybridized carbons (Fsp3) is 0.750. The first kappa shape index (κ1) is 17.2. The lowest BCUT2D eigenvalue weighted by molar-refractivity contribution is -0.0224. The first-order valence-electron chi connectivity index (χ1n) is 8.53. The van der Waals surface area contributed by atoms with Crippen LogP contribution in [0.2, 0.25) is 0 Å². The molecular weight excluding hydrogens is 310 g/mol. The normalized spacial score (nSPS) is 25.5.